The van der Waals surface area contributed by atoms with E-state index < -0.39 is 11.5 Å². The van der Waals surface area contributed by atoms with Crippen LogP contribution in [-0.2, 0) is 57.0 Å². The number of aliphatic carboxylic acids is 1. The number of hydrogen-bond acceptors (Lipinski definition) is 14. The fourth-order valence-corrected chi connectivity index (χ4v) is 4.40. The van der Waals surface area contributed by atoms with Crippen LogP contribution in [0, 0.1) is 0 Å². The fourth-order valence-electron chi connectivity index (χ4n) is 4.40. The molecule has 0 aliphatic rings. The molecular formula is C35H71N3O13. The van der Waals surface area contributed by atoms with Crippen molar-refractivity contribution in [2.24, 2.45) is 11.5 Å². The van der Waals surface area contributed by atoms with E-state index in [9.17, 15) is 9.59 Å². The Morgan fingerprint density at radius 2 is 0.824 bits per heavy atom. The van der Waals surface area contributed by atoms with Crippen molar-refractivity contribution in [2.45, 2.75) is 70.3 Å². The van der Waals surface area contributed by atoms with Gasteiger partial charge in [0.1, 0.15) is 5.54 Å². The van der Waals surface area contributed by atoms with Gasteiger partial charge in [-0.05, 0) is 25.7 Å². The van der Waals surface area contributed by atoms with Crippen molar-refractivity contribution in [3.63, 3.8) is 0 Å². The van der Waals surface area contributed by atoms with Gasteiger partial charge in [-0.25, -0.2) is 0 Å². The van der Waals surface area contributed by atoms with E-state index in [1.807, 2.05) is 0 Å². The van der Waals surface area contributed by atoms with E-state index in [1.54, 1.807) is 0 Å². The first-order valence-electron chi connectivity index (χ1n) is 18.7. The quantitative estimate of drug-likeness (QED) is 0.0654. The van der Waals surface area contributed by atoms with Crippen LogP contribution in [0.4, 0.5) is 0 Å². The summed E-state index contributed by atoms with van der Waals surface area (Å²) in [6.07, 6.45) is 7.58. The topological polar surface area (TPSA) is 211 Å². The molecule has 0 aromatic rings. The number of unbranched alkanes of at least 4 members (excludes halogenated alkanes) is 5. The number of carbonyl (C=O) groups is 2. The Bertz CT molecular complexity index is 734. The van der Waals surface area contributed by atoms with Gasteiger partial charge >= 0.3 is 5.97 Å². The molecule has 304 valence electrons. The summed E-state index contributed by atoms with van der Waals surface area (Å²) in [4.78, 5) is 23.7. The molecular weight excluding hydrogens is 670 g/mol. The lowest BCUT2D eigenvalue weighted by Crippen LogP contribution is -2.59. The third kappa shape index (κ3) is 36.6. The summed E-state index contributed by atoms with van der Waals surface area (Å²) in [5.41, 5.74) is 9.90. The van der Waals surface area contributed by atoms with Crippen molar-refractivity contribution in [1.82, 2.24) is 5.32 Å². The monoisotopic (exact) mass is 741 g/mol. The number of hydrogen-bond donors (Lipinski definition) is 4. The van der Waals surface area contributed by atoms with Gasteiger partial charge in [-0.15, -0.1) is 0 Å². The highest BCUT2D eigenvalue weighted by Crippen LogP contribution is 2.11. The van der Waals surface area contributed by atoms with E-state index in [-0.39, 0.29) is 65.0 Å². The van der Waals surface area contributed by atoms with Gasteiger partial charge in [-0.3, -0.25) is 9.59 Å². The zero-order valence-corrected chi connectivity index (χ0v) is 31.4. The Balaban J connectivity index is 5.03. The predicted octanol–water partition coefficient (Wildman–Crippen LogP) is 1.54. The number of amides is 1. The Hall–Kier alpha value is -1.54. The third-order valence-electron chi connectivity index (χ3n) is 7.08. The number of ether oxygens (including phenoxy) is 10. The zero-order chi connectivity index (χ0) is 37.4. The first-order chi connectivity index (χ1) is 25.0. The van der Waals surface area contributed by atoms with Gasteiger partial charge in [0, 0.05) is 39.3 Å². The molecule has 0 spiro atoms. The molecule has 16 nitrogen and oxygen atoms in total. The molecule has 0 saturated heterocycles. The van der Waals surface area contributed by atoms with Gasteiger partial charge in [-0.1, -0.05) is 26.2 Å². The lowest BCUT2D eigenvalue weighted by atomic mass is 10.0. The molecule has 0 fully saturated rings. The number of carbonyl (C=O) groups excluding carboxylic acids is 1. The molecule has 0 atom stereocenters. The number of nitrogens with one attached hydrogen (secondary N) is 1. The minimum Gasteiger partial charge on any atom is -0.481 e. The highest BCUT2D eigenvalue weighted by Gasteiger charge is 2.33. The second-order valence-corrected chi connectivity index (χ2v) is 11.9. The Kier molecular flexibility index (Phi) is 38.5. The van der Waals surface area contributed by atoms with Crippen molar-refractivity contribution in [2.75, 3.05) is 145 Å². The van der Waals surface area contributed by atoms with Crippen LogP contribution in [0.1, 0.15) is 64.7 Å². The van der Waals surface area contributed by atoms with Gasteiger partial charge in [-0.2, -0.15) is 0 Å². The van der Waals surface area contributed by atoms with Gasteiger partial charge in [0.25, 0.3) is 0 Å². The first-order valence-corrected chi connectivity index (χ1v) is 18.7. The van der Waals surface area contributed by atoms with Crippen LogP contribution in [0.3, 0.4) is 0 Å². The van der Waals surface area contributed by atoms with Crippen molar-refractivity contribution >= 4 is 11.9 Å². The fraction of sp³-hybridized carbons (Fsp3) is 0.943. The third-order valence-corrected chi connectivity index (χ3v) is 7.08. The summed E-state index contributed by atoms with van der Waals surface area (Å²) in [7, 11) is 0. The predicted molar refractivity (Wildman–Crippen MR) is 192 cm³/mol. The molecule has 0 bridgehead atoms. The molecule has 0 saturated carbocycles. The maximum atomic E-state index is 13.1. The molecule has 6 N–H and O–H groups in total. The number of rotatable bonds is 43. The van der Waals surface area contributed by atoms with Crippen molar-refractivity contribution < 1.29 is 62.1 Å². The van der Waals surface area contributed by atoms with Crippen molar-refractivity contribution in [1.29, 1.82) is 0 Å². The highest BCUT2D eigenvalue weighted by molar-refractivity contribution is 5.77. The highest BCUT2D eigenvalue weighted by atomic mass is 16.6. The van der Waals surface area contributed by atoms with E-state index in [2.05, 4.69) is 12.2 Å². The van der Waals surface area contributed by atoms with Crippen LogP contribution in [0.25, 0.3) is 0 Å². The molecule has 0 heterocycles. The molecule has 0 unspecified atom stereocenters. The molecule has 0 aliphatic carbocycles. The van der Waals surface area contributed by atoms with Crippen LogP contribution < -0.4 is 16.8 Å². The Morgan fingerprint density at radius 1 is 0.471 bits per heavy atom. The van der Waals surface area contributed by atoms with Crippen LogP contribution in [0.15, 0.2) is 0 Å². The lowest BCUT2D eigenvalue weighted by molar-refractivity contribution is -0.138. The normalized spacial score (nSPS) is 11.7. The van der Waals surface area contributed by atoms with Crippen molar-refractivity contribution in [3.05, 3.63) is 0 Å². The molecule has 0 radical (unpaired) electrons. The second-order valence-electron chi connectivity index (χ2n) is 11.9. The second kappa shape index (κ2) is 39.7. The summed E-state index contributed by atoms with van der Waals surface area (Å²) in [6.45, 7) is 10.3. The minimum absolute atomic E-state index is 0.0744. The number of carboxylic acid groups (broad SMARTS) is 1. The summed E-state index contributed by atoms with van der Waals surface area (Å²) in [5, 5.41) is 11.8. The van der Waals surface area contributed by atoms with E-state index in [4.69, 9.17) is 63.9 Å². The van der Waals surface area contributed by atoms with Gasteiger partial charge < -0.3 is 69.3 Å². The zero-order valence-electron chi connectivity index (χ0n) is 31.4. The van der Waals surface area contributed by atoms with Gasteiger partial charge in [0.15, 0.2) is 0 Å². The van der Waals surface area contributed by atoms with E-state index in [0.717, 1.165) is 38.9 Å². The van der Waals surface area contributed by atoms with Crippen LogP contribution in [-0.4, -0.2) is 168 Å². The SMILES string of the molecule is CCCCCCOCCCCCOCC(COCCOCCOCCN)(COCCOCCOCCN)NC(=O)CCOCCOCCC(=O)O. The molecule has 16 heteroatoms. The first kappa shape index (κ1) is 49.5. The smallest absolute Gasteiger partial charge is 0.305 e. The Morgan fingerprint density at radius 3 is 1.27 bits per heavy atom. The summed E-state index contributed by atoms with van der Waals surface area (Å²) < 4.78 is 56.4. The minimum atomic E-state index is -0.979. The van der Waals surface area contributed by atoms with Crippen LogP contribution in [0.2, 0.25) is 0 Å². The summed E-state index contributed by atoms with van der Waals surface area (Å²) >= 11 is 0. The van der Waals surface area contributed by atoms with Crippen LogP contribution in [0.5, 0.6) is 0 Å². The van der Waals surface area contributed by atoms with E-state index in [1.165, 1.54) is 19.3 Å². The summed E-state index contributed by atoms with van der Waals surface area (Å²) in [5.74, 6) is -1.18. The largest absolute Gasteiger partial charge is 0.481 e. The number of nitrogens with two attached hydrogens (primary N) is 2. The maximum absolute atomic E-state index is 13.1. The van der Waals surface area contributed by atoms with Crippen molar-refractivity contribution in [3.8, 4) is 0 Å². The average Bonchev–Trinajstić information content (AvgIpc) is 3.11. The molecule has 0 rings (SSSR count). The van der Waals surface area contributed by atoms with Crippen LogP contribution >= 0.6 is 0 Å². The number of carboxylic acids is 1. The molecule has 0 aromatic carbocycles. The van der Waals surface area contributed by atoms with Gasteiger partial charge in [0.05, 0.1) is 119 Å². The molecule has 0 aromatic heterocycles. The molecule has 51 heavy (non-hydrogen) atoms. The molecule has 1 amide bonds. The lowest BCUT2D eigenvalue weighted by Gasteiger charge is -2.34. The van der Waals surface area contributed by atoms with Gasteiger partial charge in [0.2, 0.25) is 5.91 Å². The molecule has 0 aliphatic heterocycles. The standard InChI is InChI=1S/C35H71N3O13/c1-2-3-4-6-13-42-14-7-5-8-15-49-30-35(31-50-28-26-47-24-22-45-18-11-36,32-51-29-27-48-25-23-46-19-12-37)38-33(39)9-16-43-20-21-44-17-10-34(40)41/h2-32,36-37H2,1H3,(H,38,39)(H,40,41). The van der Waals surface area contributed by atoms with E-state index in [0.29, 0.717) is 85.8 Å². The van der Waals surface area contributed by atoms with E-state index >= 15 is 0 Å². The summed E-state index contributed by atoms with van der Waals surface area (Å²) in [6, 6.07) is 0. The average molecular weight is 742 g/mol. The maximum Gasteiger partial charge on any atom is 0.305 e. The Labute approximate surface area is 306 Å².